The predicted octanol–water partition coefficient (Wildman–Crippen LogP) is 4.65. The fourth-order valence-electron chi connectivity index (χ4n) is 3.39. The maximum Gasteiger partial charge on any atom is 0.407 e. The average Bonchev–Trinajstić information content (AvgIpc) is 3.02. The summed E-state index contributed by atoms with van der Waals surface area (Å²) >= 11 is 0.694. The van der Waals surface area contributed by atoms with Gasteiger partial charge in [0.05, 0.1) is 0 Å². The summed E-state index contributed by atoms with van der Waals surface area (Å²) in [7, 11) is 0. The molecule has 0 aromatic heterocycles. The highest BCUT2D eigenvalue weighted by molar-refractivity contribution is 8.13. The highest BCUT2D eigenvalue weighted by atomic mass is 32.2. The second-order valence-electron chi connectivity index (χ2n) is 8.14. The Kier molecular flexibility index (Phi) is 6.90. The lowest BCUT2D eigenvalue weighted by molar-refractivity contribution is -0.138. The van der Waals surface area contributed by atoms with Crippen molar-refractivity contribution >= 4 is 29.1 Å². The molecule has 0 bridgehead atoms. The van der Waals surface area contributed by atoms with Gasteiger partial charge in [-0.1, -0.05) is 48.5 Å². The van der Waals surface area contributed by atoms with Crippen LogP contribution in [0.15, 0.2) is 48.5 Å². The lowest BCUT2D eigenvalue weighted by atomic mass is 9.98. The Labute approximate surface area is 185 Å². The Morgan fingerprint density at radius 1 is 1.03 bits per heavy atom. The number of benzene rings is 2. The van der Waals surface area contributed by atoms with Crippen LogP contribution in [0.2, 0.25) is 0 Å². The standard InChI is InChI=1S/C23H25NO6S/c1-23(2,3)30-22(28)31-13-19(20(25)26)24-21(27)29-12-18-16-10-6-4-8-14(16)15-9-5-7-11-17(15)18/h4-11,18-19H,12-13H2,1-3H3,(H,24,27)(H,25,26)/t19-/m1/s1. The Morgan fingerprint density at radius 2 is 1.58 bits per heavy atom. The number of fused-ring (bicyclic) bond motifs is 3. The van der Waals surface area contributed by atoms with E-state index in [0.717, 1.165) is 22.3 Å². The van der Waals surface area contributed by atoms with Crippen LogP contribution in [0.1, 0.15) is 37.8 Å². The van der Waals surface area contributed by atoms with Gasteiger partial charge in [-0.15, -0.1) is 0 Å². The molecule has 0 spiro atoms. The molecule has 0 fully saturated rings. The number of amides is 1. The van der Waals surface area contributed by atoms with Gasteiger partial charge >= 0.3 is 17.4 Å². The lowest BCUT2D eigenvalue weighted by Crippen LogP contribution is -2.43. The molecule has 164 valence electrons. The molecular formula is C23H25NO6S. The quantitative estimate of drug-likeness (QED) is 0.627. The molecule has 2 aromatic rings. The van der Waals surface area contributed by atoms with E-state index in [-0.39, 0.29) is 18.3 Å². The molecule has 8 heteroatoms. The number of aliphatic carboxylic acids is 1. The number of carboxylic acids is 1. The first-order chi connectivity index (χ1) is 14.7. The highest BCUT2D eigenvalue weighted by Crippen LogP contribution is 2.44. The third-order valence-corrected chi connectivity index (χ3v) is 5.51. The van der Waals surface area contributed by atoms with Crippen molar-refractivity contribution in [2.45, 2.75) is 38.3 Å². The van der Waals surface area contributed by atoms with Crippen LogP contribution in [0.3, 0.4) is 0 Å². The second-order valence-corrected chi connectivity index (χ2v) is 9.09. The van der Waals surface area contributed by atoms with E-state index in [9.17, 15) is 19.5 Å². The van der Waals surface area contributed by atoms with E-state index in [1.54, 1.807) is 20.8 Å². The lowest BCUT2D eigenvalue weighted by Gasteiger charge is -2.20. The number of carbonyl (C=O) groups is 3. The van der Waals surface area contributed by atoms with Crippen molar-refractivity contribution in [3.05, 3.63) is 59.7 Å². The molecule has 2 aromatic carbocycles. The minimum absolute atomic E-state index is 0.0748. The predicted molar refractivity (Wildman–Crippen MR) is 118 cm³/mol. The van der Waals surface area contributed by atoms with E-state index in [1.807, 2.05) is 48.5 Å². The van der Waals surface area contributed by atoms with Crippen LogP contribution in [0.4, 0.5) is 9.59 Å². The van der Waals surface area contributed by atoms with E-state index in [1.165, 1.54) is 0 Å². The van der Waals surface area contributed by atoms with E-state index < -0.39 is 29.0 Å². The average molecular weight is 444 g/mol. The number of nitrogens with one attached hydrogen (secondary N) is 1. The third kappa shape index (κ3) is 5.79. The van der Waals surface area contributed by atoms with E-state index in [4.69, 9.17) is 9.47 Å². The number of rotatable bonds is 6. The molecule has 1 aliphatic carbocycles. The molecule has 0 saturated heterocycles. The maximum atomic E-state index is 12.3. The summed E-state index contributed by atoms with van der Waals surface area (Å²) in [6.45, 7) is 5.23. The molecule has 7 nitrogen and oxygen atoms in total. The largest absolute Gasteiger partial charge is 0.480 e. The Bertz CT molecular complexity index is 939. The SMILES string of the molecule is CC(C)(C)OC(=O)SC[C@@H](NC(=O)OCC1c2ccccc2-c2ccccc21)C(=O)O. The summed E-state index contributed by atoms with van der Waals surface area (Å²) in [4.78, 5) is 35.6. The maximum absolute atomic E-state index is 12.3. The van der Waals surface area contributed by atoms with Gasteiger partial charge in [-0.3, -0.25) is 0 Å². The molecular weight excluding hydrogens is 418 g/mol. The molecule has 0 heterocycles. The number of carbonyl (C=O) groups excluding carboxylic acids is 2. The summed E-state index contributed by atoms with van der Waals surface area (Å²) < 4.78 is 10.5. The molecule has 1 atom stereocenters. The van der Waals surface area contributed by atoms with Gasteiger partial charge in [0.25, 0.3) is 0 Å². The van der Waals surface area contributed by atoms with Gasteiger partial charge in [-0.2, -0.15) is 0 Å². The summed E-state index contributed by atoms with van der Waals surface area (Å²) in [5.74, 6) is -1.56. The summed E-state index contributed by atoms with van der Waals surface area (Å²) in [6.07, 6.45) is -0.848. The summed E-state index contributed by atoms with van der Waals surface area (Å²) in [5.41, 5.74) is 3.65. The Hall–Kier alpha value is -3.00. The number of carboxylic acid groups (broad SMARTS) is 1. The molecule has 0 aliphatic heterocycles. The van der Waals surface area contributed by atoms with Gasteiger partial charge in [0.15, 0.2) is 0 Å². The fraction of sp³-hybridized carbons (Fsp3) is 0.348. The topological polar surface area (TPSA) is 102 Å². The van der Waals surface area contributed by atoms with Crippen LogP contribution in [-0.4, -0.2) is 46.5 Å². The number of hydrogen-bond acceptors (Lipinski definition) is 6. The minimum atomic E-state index is -1.28. The molecule has 0 unspecified atom stereocenters. The Morgan fingerprint density at radius 3 is 2.10 bits per heavy atom. The number of ether oxygens (including phenoxy) is 2. The highest BCUT2D eigenvalue weighted by Gasteiger charge is 2.30. The van der Waals surface area contributed by atoms with Gasteiger partial charge in [0.2, 0.25) is 0 Å². The van der Waals surface area contributed by atoms with Crippen LogP contribution in [0.5, 0.6) is 0 Å². The van der Waals surface area contributed by atoms with Gasteiger partial charge in [-0.05, 0) is 54.8 Å². The van der Waals surface area contributed by atoms with Crippen molar-refractivity contribution < 1.29 is 29.0 Å². The van der Waals surface area contributed by atoms with Crippen LogP contribution < -0.4 is 5.32 Å². The first kappa shape index (κ1) is 22.7. The van der Waals surface area contributed by atoms with Crippen molar-refractivity contribution in [2.24, 2.45) is 0 Å². The first-order valence-corrected chi connectivity index (χ1v) is 10.8. The number of thioether (sulfide) groups is 1. The zero-order chi connectivity index (χ0) is 22.6. The number of alkyl carbamates (subject to hydrolysis) is 1. The van der Waals surface area contributed by atoms with Crippen LogP contribution in [0.25, 0.3) is 11.1 Å². The molecule has 2 N–H and O–H groups in total. The zero-order valence-electron chi connectivity index (χ0n) is 17.6. The van der Waals surface area contributed by atoms with E-state index >= 15 is 0 Å². The summed E-state index contributed by atoms with van der Waals surface area (Å²) in [6, 6.07) is 14.6. The molecule has 31 heavy (non-hydrogen) atoms. The summed E-state index contributed by atoms with van der Waals surface area (Å²) in [5, 5.41) is 11.1. The zero-order valence-corrected chi connectivity index (χ0v) is 18.4. The number of hydrogen-bond donors (Lipinski definition) is 2. The van der Waals surface area contributed by atoms with Crippen LogP contribution >= 0.6 is 11.8 Å². The van der Waals surface area contributed by atoms with E-state index in [0.29, 0.717) is 11.8 Å². The Balaban J connectivity index is 1.59. The van der Waals surface area contributed by atoms with Crippen LogP contribution in [0, 0.1) is 0 Å². The minimum Gasteiger partial charge on any atom is -0.480 e. The van der Waals surface area contributed by atoms with Crippen molar-refractivity contribution in [1.82, 2.24) is 5.32 Å². The first-order valence-electron chi connectivity index (χ1n) is 9.86. The van der Waals surface area contributed by atoms with Gasteiger partial charge < -0.3 is 19.9 Å². The third-order valence-electron chi connectivity index (χ3n) is 4.69. The molecule has 1 amide bonds. The van der Waals surface area contributed by atoms with Crippen molar-refractivity contribution in [3.8, 4) is 11.1 Å². The fourth-order valence-corrected chi connectivity index (χ4v) is 4.23. The molecule has 1 aliphatic rings. The van der Waals surface area contributed by atoms with Gasteiger partial charge in [0.1, 0.15) is 18.2 Å². The normalized spacial score (nSPS) is 13.6. The molecule has 3 rings (SSSR count). The monoisotopic (exact) mass is 443 g/mol. The van der Waals surface area contributed by atoms with E-state index in [2.05, 4.69) is 5.32 Å². The second kappa shape index (κ2) is 9.43. The van der Waals surface area contributed by atoms with Crippen molar-refractivity contribution in [2.75, 3.05) is 12.4 Å². The van der Waals surface area contributed by atoms with Crippen molar-refractivity contribution in [1.29, 1.82) is 0 Å². The molecule has 0 radical (unpaired) electrons. The molecule has 0 saturated carbocycles. The smallest absolute Gasteiger partial charge is 0.407 e. The van der Waals surface area contributed by atoms with Gasteiger partial charge in [0, 0.05) is 11.7 Å². The van der Waals surface area contributed by atoms with Gasteiger partial charge in [-0.25, -0.2) is 14.4 Å². The van der Waals surface area contributed by atoms with Crippen molar-refractivity contribution in [3.63, 3.8) is 0 Å². The van der Waals surface area contributed by atoms with Crippen LogP contribution in [-0.2, 0) is 14.3 Å².